The predicted octanol–water partition coefficient (Wildman–Crippen LogP) is 5.72. The average molecular weight is 614 g/mol. The number of rotatable bonds is 14. The van der Waals surface area contributed by atoms with Gasteiger partial charge in [-0.05, 0) is 60.9 Å². The monoisotopic (exact) mass is 613 g/mol. The van der Waals surface area contributed by atoms with E-state index in [-0.39, 0.29) is 18.9 Å². The molecular weight excluding hydrogens is 574 g/mol. The summed E-state index contributed by atoms with van der Waals surface area (Å²) < 4.78 is 33.0. The van der Waals surface area contributed by atoms with Crippen molar-refractivity contribution in [2.45, 2.75) is 39.3 Å². The molecule has 1 atom stereocenters. The number of aryl methyl sites for hydroxylation is 1. The van der Waals surface area contributed by atoms with Crippen molar-refractivity contribution in [2.24, 2.45) is 0 Å². The Morgan fingerprint density at radius 3 is 2.05 bits per heavy atom. The summed E-state index contributed by atoms with van der Waals surface area (Å²) in [5.41, 5.74) is 3.06. The minimum atomic E-state index is -3.87. The van der Waals surface area contributed by atoms with Crippen molar-refractivity contribution in [3.05, 3.63) is 126 Å². The van der Waals surface area contributed by atoms with Crippen LogP contribution in [0.2, 0.25) is 0 Å². The summed E-state index contributed by atoms with van der Waals surface area (Å²) in [7, 11) is -3.87. The molecule has 4 aromatic rings. The lowest BCUT2D eigenvalue weighted by atomic mass is 10.0. The van der Waals surface area contributed by atoms with E-state index in [2.05, 4.69) is 5.32 Å². The highest BCUT2D eigenvalue weighted by Gasteiger charge is 2.33. The first-order valence-electron chi connectivity index (χ1n) is 14.6. The number of hydrogen-bond donors (Lipinski definition) is 1. The molecule has 0 aliphatic rings. The van der Waals surface area contributed by atoms with Gasteiger partial charge < -0.3 is 15.0 Å². The summed E-state index contributed by atoms with van der Waals surface area (Å²) in [5, 5.41) is 2.95. The third kappa shape index (κ3) is 9.18. The molecule has 8 nitrogen and oxygen atoms in total. The minimum Gasteiger partial charge on any atom is -0.457 e. The van der Waals surface area contributed by atoms with E-state index < -0.39 is 28.5 Å². The molecule has 4 aromatic carbocycles. The van der Waals surface area contributed by atoms with Gasteiger partial charge in [-0.3, -0.25) is 13.9 Å². The fourth-order valence-corrected chi connectivity index (χ4v) is 5.70. The van der Waals surface area contributed by atoms with Crippen LogP contribution in [0.3, 0.4) is 0 Å². The minimum absolute atomic E-state index is 0.138. The first kappa shape index (κ1) is 32.3. The Balaban J connectivity index is 1.67. The van der Waals surface area contributed by atoms with Crippen molar-refractivity contribution in [3.63, 3.8) is 0 Å². The molecule has 0 fully saturated rings. The Morgan fingerprint density at radius 1 is 0.818 bits per heavy atom. The normalized spacial score (nSPS) is 11.8. The predicted molar refractivity (Wildman–Crippen MR) is 174 cm³/mol. The number of amides is 2. The average Bonchev–Trinajstić information content (AvgIpc) is 3.01. The highest BCUT2D eigenvalue weighted by molar-refractivity contribution is 7.92. The van der Waals surface area contributed by atoms with Gasteiger partial charge in [-0.2, -0.15) is 0 Å². The number of nitrogens with zero attached hydrogens (tertiary/aromatic N) is 2. The highest BCUT2D eigenvalue weighted by Crippen LogP contribution is 2.26. The number of carbonyl (C=O) groups is 2. The lowest BCUT2D eigenvalue weighted by molar-refractivity contribution is -0.140. The van der Waals surface area contributed by atoms with Crippen LogP contribution in [0.1, 0.15) is 30.0 Å². The number of para-hydroxylation sites is 1. The molecule has 4 rings (SSSR count). The summed E-state index contributed by atoms with van der Waals surface area (Å²) in [4.78, 5) is 29.3. The van der Waals surface area contributed by atoms with Crippen LogP contribution in [0, 0.1) is 6.92 Å². The topological polar surface area (TPSA) is 96.0 Å². The molecule has 1 N–H and O–H groups in total. The molecule has 0 aliphatic carbocycles. The molecule has 0 bridgehead atoms. The number of sulfonamides is 1. The van der Waals surface area contributed by atoms with Crippen LogP contribution in [0.5, 0.6) is 11.5 Å². The lowest BCUT2D eigenvalue weighted by Crippen LogP contribution is -2.53. The Labute approximate surface area is 260 Å². The molecule has 44 heavy (non-hydrogen) atoms. The van der Waals surface area contributed by atoms with Crippen molar-refractivity contribution < 1.29 is 22.7 Å². The maximum atomic E-state index is 14.2. The van der Waals surface area contributed by atoms with E-state index in [0.29, 0.717) is 23.7 Å². The molecule has 0 radical (unpaired) electrons. The zero-order chi connectivity index (χ0) is 31.5. The van der Waals surface area contributed by atoms with E-state index in [9.17, 15) is 18.0 Å². The van der Waals surface area contributed by atoms with Gasteiger partial charge >= 0.3 is 0 Å². The molecule has 2 amide bonds. The Hall–Kier alpha value is -4.63. The van der Waals surface area contributed by atoms with Crippen LogP contribution in [0.25, 0.3) is 0 Å². The summed E-state index contributed by atoms with van der Waals surface area (Å²) in [5.74, 6) is 0.392. The largest absolute Gasteiger partial charge is 0.457 e. The van der Waals surface area contributed by atoms with Crippen LogP contribution in [0.4, 0.5) is 5.69 Å². The number of anilines is 1. The van der Waals surface area contributed by atoms with E-state index in [1.54, 1.807) is 24.3 Å². The van der Waals surface area contributed by atoms with Crippen LogP contribution in [-0.2, 0) is 32.6 Å². The van der Waals surface area contributed by atoms with Crippen molar-refractivity contribution >= 4 is 27.5 Å². The van der Waals surface area contributed by atoms with Crippen molar-refractivity contribution in [3.8, 4) is 11.5 Å². The van der Waals surface area contributed by atoms with Crippen molar-refractivity contribution in [2.75, 3.05) is 23.7 Å². The zero-order valence-corrected chi connectivity index (χ0v) is 26.2. The fourth-order valence-electron chi connectivity index (χ4n) is 4.85. The second kappa shape index (κ2) is 15.2. The van der Waals surface area contributed by atoms with Gasteiger partial charge in [0.15, 0.2) is 0 Å². The molecule has 230 valence electrons. The van der Waals surface area contributed by atoms with Gasteiger partial charge in [-0.25, -0.2) is 8.42 Å². The first-order valence-corrected chi connectivity index (χ1v) is 16.5. The fraction of sp³-hybridized carbons (Fsp3) is 0.257. The van der Waals surface area contributed by atoms with Crippen LogP contribution >= 0.6 is 0 Å². The van der Waals surface area contributed by atoms with E-state index in [4.69, 9.17) is 4.74 Å². The SMILES string of the molecule is CCCNC(=O)[C@@H](Cc1ccccc1)N(Cc1cccc(C)c1)C(=O)CN(c1ccc(Oc2ccccc2)cc1)S(C)(=O)=O. The number of hydrogen-bond acceptors (Lipinski definition) is 5. The number of nitrogens with one attached hydrogen (secondary N) is 1. The number of carbonyl (C=O) groups excluding carboxylic acids is 2. The van der Waals surface area contributed by atoms with Crippen LogP contribution < -0.4 is 14.4 Å². The highest BCUT2D eigenvalue weighted by atomic mass is 32.2. The molecule has 0 saturated carbocycles. The number of benzene rings is 4. The van der Waals surface area contributed by atoms with Gasteiger partial charge in [0.25, 0.3) is 0 Å². The molecule has 0 aliphatic heterocycles. The Bertz CT molecular complexity index is 1630. The lowest BCUT2D eigenvalue weighted by Gasteiger charge is -2.33. The van der Waals surface area contributed by atoms with Gasteiger partial charge in [-0.1, -0.05) is 85.3 Å². The molecule has 0 aromatic heterocycles. The summed E-state index contributed by atoms with van der Waals surface area (Å²) in [6.07, 6.45) is 2.08. The summed E-state index contributed by atoms with van der Waals surface area (Å²) in [6, 6.07) is 32.1. The van der Waals surface area contributed by atoms with Crippen molar-refractivity contribution in [1.82, 2.24) is 10.2 Å². The second-order valence-corrected chi connectivity index (χ2v) is 12.6. The van der Waals surface area contributed by atoms with Crippen molar-refractivity contribution in [1.29, 1.82) is 0 Å². The molecule has 9 heteroatoms. The maximum Gasteiger partial charge on any atom is 0.244 e. The summed E-state index contributed by atoms with van der Waals surface area (Å²) >= 11 is 0. The van der Waals surface area contributed by atoms with Gasteiger partial charge in [-0.15, -0.1) is 0 Å². The third-order valence-corrected chi connectivity index (χ3v) is 8.18. The molecule has 0 heterocycles. The zero-order valence-electron chi connectivity index (χ0n) is 25.3. The van der Waals surface area contributed by atoms with Crippen LogP contribution in [-0.4, -0.2) is 50.5 Å². The van der Waals surface area contributed by atoms with E-state index in [1.165, 1.54) is 4.90 Å². The van der Waals surface area contributed by atoms with E-state index in [1.807, 2.05) is 98.8 Å². The molecule has 0 saturated heterocycles. The Kier molecular flexibility index (Phi) is 11.2. The van der Waals surface area contributed by atoms with Crippen LogP contribution in [0.15, 0.2) is 109 Å². The summed E-state index contributed by atoms with van der Waals surface area (Å²) in [6.45, 7) is 4.04. The van der Waals surface area contributed by atoms with Gasteiger partial charge in [0.05, 0.1) is 11.9 Å². The standard InChI is InChI=1S/C35H39N3O5S/c1-4-22-36-35(40)33(24-28-13-7-5-8-14-28)37(25-29-15-11-12-27(2)23-29)34(39)26-38(44(3,41)42)30-18-20-32(21-19-30)43-31-16-9-6-10-17-31/h5-21,23,33H,4,22,24-26H2,1-3H3,(H,36,40)/t33-/m1/s1. The molecule has 0 spiro atoms. The smallest absolute Gasteiger partial charge is 0.244 e. The van der Waals surface area contributed by atoms with E-state index in [0.717, 1.165) is 33.7 Å². The molecular formula is C35H39N3O5S. The quantitative estimate of drug-likeness (QED) is 0.196. The Morgan fingerprint density at radius 2 is 1.43 bits per heavy atom. The third-order valence-electron chi connectivity index (χ3n) is 7.04. The van der Waals surface area contributed by atoms with Gasteiger partial charge in [0, 0.05) is 19.5 Å². The number of ether oxygens (including phenoxy) is 1. The molecule has 0 unspecified atom stereocenters. The van der Waals surface area contributed by atoms with Gasteiger partial charge in [0.1, 0.15) is 24.1 Å². The van der Waals surface area contributed by atoms with Gasteiger partial charge in [0.2, 0.25) is 21.8 Å². The maximum absolute atomic E-state index is 14.2. The first-order chi connectivity index (χ1) is 21.1. The van der Waals surface area contributed by atoms with E-state index >= 15 is 0 Å². The second-order valence-electron chi connectivity index (χ2n) is 10.7.